The number of hydrogen-bond donors (Lipinski definition) is 1. The molecule has 0 aromatic carbocycles. The van der Waals surface area contributed by atoms with Crippen LogP contribution in [0.1, 0.15) is 33.1 Å². The first kappa shape index (κ1) is 9.18. The molecule has 0 bridgehead atoms. The minimum absolute atomic E-state index is 1.11. The van der Waals surface area contributed by atoms with Gasteiger partial charge in [-0.05, 0) is 12.1 Å². The molecule has 1 nitrogen and oxygen atoms in total. The average Bonchev–Trinajstić information content (AvgIpc) is 1.85. The van der Waals surface area contributed by atoms with Crippen LogP contribution >= 0.6 is 0 Å². The van der Waals surface area contributed by atoms with Crippen LogP contribution in [0.4, 0.5) is 0 Å². The Bertz CT molecular complexity index is 56.9. The van der Waals surface area contributed by atoms with Crippen LogP contribution in [0.2, 0.25) is 12.1 Å². The van der Waals surface area contributed by atoms with Crippen LogP contribution < -0.4 is 0 Å². The monoisotopic (exact) mass is 146 g/mol. The van der Waals surface area contributed by atoms with Gasteiger partial charge < -0.3 is 4.80 Å². The van der Waals surface area contributed by atoms with Crippen LogP contribution in [0.15, 0.2) is 0 Å². The molecule has 1 atom stereocenters. The zero-order valence-corrected chi connectivity index (χ0v) is 7.71. The van der Waals surface area contributed by atoms with Crippen molar-refractivity contribution in [3.05, 3.63) is 0 Å². The Kier molecular flexibility index (Phi) is 6.42. The highest BCUT2D eigenvalue weighted by Gasteiger charge is 2.02. The third-order valence-electron chi connectivity index (χ3n) is 1.51. The van der Waals surface area contributed by atoms with Gasteiger partial charge in [-0.2, -0.15) is 0 Å². The first-order chi connectivity index (χ1) is 4.31. The van der Waals surface area contributed by atoms with E-state index in [-0.39, 0.29) is 0 Å². The lowest BCUT2D eigenvalue weighted by molar-refractivity contribution is 0.558. The van der Waals surface area contributed by atoms with E-state index in [1.54, 1.807) is 0 Å². The second-order valence-corrected chi connectivity index (χ2v) is 5.05. The second-order valence-electron chi connectivity index (χ2n) is 2.58. The lowest BCUT2D eigenvalue weighted by atomic mass is 10.4. The minimum atomic E-state index is -1.22. The fourth-order valence-corrected chi connectivity index (χ4v) is 2.75. The van der Waals surface area contributed by atoms with Crippen molar-refractivity contribution in [2.45, 2.75) is 45.2 Å². The van der Waals surface area contributed by atoms with Crippen LogP contribution in [-0.2, 0) is 0 Å². The van der Waals surface area contributed by atoms with Gasteiger partial charge in [0.25, 0.3) is 0 Å². The topological polar surface area (TPSA) is 20.2 Å². The highest BCUT2D eigenvalue weighted by Crippen LogP contribution is 2.04. The molecule has 56 valence electrons. The zero-order chi connectivity index (χ0) is 7.11. The predicted octanol–water partition coefficient (Wildman–Crippen LogP) is 1.91. The molecule has 0 rings (SSSR count). The van der Waals surface area contributed by atoms with E-state index in [2.05, 4.69) is 13.8 Å². The summed E-state index contributed by atoms with van der Waals surface area (Å²) in [5.41, 5.74) is 0. The van der Waals surface area contributed by atoms with Crippen molar-refractivity contribution in [3.63, 3.8) is 0 Å². The van der Waals surface area contributed by atoms with Gasteiger partial charge in [0.1, 0.15) is 0 Å². The summed E-state index contributed by atoms with van der Waals surface area (Å²) in [4.78, 5) is 9.32. The quantitative estimate of drug-likeness (QED) is 0.587. The van der Waals surface area contributed by atoms with Gasteiger partial charge in [-0.25, -0.2) is 0 Å². The van der Waals surface area contributed by atoms with E-state index in [9.17, 15) is 4.80 Å². The summed E-state index contributed by atoms with van der Waals surface area (Å²) < 4.78 is 0. The van der Waals surface area contributed by atoms with Gasteiger partial charge in [0.05, 0.1) is 0 Å². The number of hydrogen-bond acceptors (Lipinski definition) is 1. The summed E-state index contributed by atoms with van der Waals surface area (Å²) in [6.07, 6.45) is 3.62. The van der Waals surface area contributed by atoms with Gasteiger partial charge in [-0.3, -0.25) is 0 Å². The van der Waals surface area contributed by atoms with Crippen LogP contribution in [0.5, 0.6) is 0 Å². The maximum Gasteiger partial charge on any atom is 0.172 e. The van der Waals surface area contributed by atoms with E-state index >= 15 is 0 Å². The Morgan fingerprint density at radius 3 is 2.22 bits per heavy atom. The van der Waals surface area contributed by atoms with E-state index < -0.39 is 9.04 Å². The van der Waals surface area contributed by atoms with Crippen LogP contribution in [-0.4, -0.2) is 13.8 Å². The molecule has 9 heavy (non-hydrogen) atoms. The first-order valence-corrected chi connectivity index (χ1v) is 6.14. The Balaban J connectivity index is 2.95. The maximum absolute atomic E-state index is 9.32. The first-order valence-electron chi connectivity index (χ1n) is 3.99. The zero-order valence-electron chi connectivity index (χ0n) is 6.56. The molecule has 0 heterocycles. The highest BCUT2D eigenvalue weighted by atomic mass is 28.3. The Morgan fingerprint density at radius 1 is 1.11 bits per heavy atom. The van der Waals surface area contributed by atoms with Gasteiger partial charge in [0.2, 0.25) is 0 Å². The molecule has 0 saturated heterocycles. The summed E-state index contributed by atoms with van der Waals surface area (Å²) >= 11 is 0. The third kappa shape index (κ3) is 6.06. The molecule has 0 aliphatic rings. The largest absolute Gasteiger partial charge is 0.435 e. The fraction of sp³-hybridized carbons (Fsp3) is 1.00. The van der Waals surface area contributed by atoms with Crippen molar-refractivity contribution in [2.75, 3.05) is 0 Å². The van der Waals surface area contributed by atoms with Gasteiger partial charge in [0.15, 0.2) is 9.04 Å². The van der Waals surface area contributed by atoms with Gasteiger partial charge in [-0.15, -0.1) is 0 Å². The molecule has 0 spiro atoms. The predicted molar refractivity (Wildman–Crippen MR) is 44.2 cm³/mol. The van der Waals surface area contributed by atoms with E-state index in [1.165, 1.54) is 12.8 Å². The van der Waals surface area contributed by atoms with Crippen molar-refractivity contribution < 1.29 is 4.80 Å². The summed E-state index contributed by atoms with van der Waals surface area (Å²) in [7, 11) is -1.22. The molecule has 1 unspecified atom stereocenters. The molecule has 0 saturated carbocycles. The number of unbranched alkanes of at least 4 members (excludes halogenated alkanes) is 1. The molecule has 0 aliphatic carbocycles. The molecule has 0 aliphatic heterocycles. The lowest BCUT2D eigenvalue weighted by Gasteiger charge is -2.03. The van der Waals surface area contributed by atoms with E-state index in [0.717, 1.165) is 18.5 Å². The van der Waals surface area contributed by atoms with Crippen molar-refractivity contribution in [1.82, 2.24) is 0 Å². The van der Waals surface area contributed by atoms with Crippen LogP contribution in [0.3, 0.4) is 0 Å². The number of rotatable bonds is 5. The van der Waals surface area contributed by atoms with E-state index in [0.29, 0.717) is 0 Å². The molecule has 0 aromatic heterocycles. The molecule has 0 fully saturated rings. The van der Waals surface area contributed by atoms with Crippen LogP contribution in [0.25, 0.3) is 0 Å². The van der Waals surface area contributed by atoms with Crippen molar-refractivity contribution in [3.8, 4) is 0 Å². The SMILES string of the molecule is CCCC[SiH](O)CCC. The molecule has 2 heteroatoms. The summed E-state index contributed by atoms with van der Waals surface area (Å²) in [5, 5.41) is 0. The third-order valence-corrected chi connectivity index (χ3v) is 3.83. The van der Waals surface area contributed by atoms with Gasteiger partial charge in [0, 0.05) is 0 Å². The van der Waals surface area contributed by atoms with Gasteiger partial charge >= 0.3 is 0 Å². The molecular formula is C7H18OSi. The standard InChI is InChI=1S/C7H18OSi/c1-3-5-7-9(8)6-4-2/h8-9H,3-7H2,1-2H3. The Morgan fingerprint density at radius 2 is 1.78 bits per heavy atom. The molecule has 0 amide bonds. The Labute approximate surface area is 59.8 Å². The summed E-state index contributed by atoms with van der Waals surface area (Å²) in [6.45, 7) is 4.31. The smallest absolute Gasteiger partial charge is 0.172 e. The summed E-state index contributed by atoms with van der Waals surface area (Å²) in [5.74, 6) is 0. The Hall–Kier alpha value is 0.177. The highest BCUT2D eigenvalue weighted by molar-refractivity contribution is 6.50. The molecular weight excluding hydrogens is 128 g/mol. The molecule has 1 N–H and O–H groups in total. The normalized spacial score (nSPS) is 13.7. The van der Waals surface area contributed by atoms with Crippen LogP contribution in [0, 0.1) is 0 Å². The van der Waals surface area contributed by atoms with Crippen molar-refractivity contribution in [1.29, 1.82) is 0 Å². The maximum atomic E-state index is 9.32. The molecule has 0 radical (unpaired) electrons. The average molecular weight is 146 g/mol. The lowest BCUT2D eigenvalue weighted by Crippen LogP contribution is -2.09. The second kappa shape index (κ2) is 6.30. The fourth-order valence-electron chi connectivity index (χ4n) is 0.917. The minimum Gasteiger partial charge on any atom is -0.435 e. The van der Waals surface area contributed by atoms with E-state index in [1.807, 2.05) is 0 Å². The molecule has 0 aromatic rings. The van der Waals surface area contributed by atoms with Gasteiger partial charge in [-0.1, -0.05) is 33.1 Å². The van der Waals surface area contributed by atoms with E-state index in [4.69, 9.17) is 0 Å². The van der Waals surface area contributed by atoms with Crippen molar-refractivity contribution >= 4 is 9.04 Å². The summed E-state index contributed by atoms with van der Waals surface area (Å²) in [6, 6.07) is 2.24. The van der Waals surface area contributed by atoms with Crippen molar-refractivity contribution in [2.24, 2.45) is 0 Å².